The van der Waals surface area contributed by atoms with Crippen LogP contribution in [0.4, 0.5) is 9.18 Å². The van der Waals surface area contributed by atoms with Crippen molar-refractivity contribution in [1.29, 1.82) is 0 Å². The summed E-state index contributed by atoms with van der Waals surface area (Å²) in [5.74, 6) is -0.265. The van der Waals surface area contributed by atoms with Gasteiger partial charge in [0.15, 0.2) is 0 Å². The number of rotatable bonds is 4. The summed E-state index contributed by atoms with van der Waals surface area (Å²) in [5.41, 5.74) is 4.31. The molecule has 3 aromatic carbocycles. The maximum Gasteiger partial charge on any atom is 0.410 e. The van der Waals surface area contributed by atoms with Crippen molar-refractivity contribution in [3.63, 3.8) is 0 Å². The fourth-order valence-corrected chi connectivity index (χ4v) is 6.63. The summed E-state index contributed by atoms with van der Waals surface area (Å²) in [6.45, 7) is 0.294. The Morgan fingerprint density at radius 3 is 2.11 bits per heavy atom. The summed E-state index contributed by atoms with van der Waals surface area (Å²) in [4.78, 5) is 15.2. The van der Waals surface area contributed by atoms with Crippen molar-refractivity contribution in [2.24, 2.45) is 0 Å². The zero-order valence-electron chi connectivity index (χ0n) is 19.7. The van der Waals surface area contributed by atoms with Gasteiger partial charge in [-0.2, -0.15) is 0 Å². The largest absolute Gasteiger partial charge is 0.448 e. The lowest BCUT2D eigenvalue weighted by Crippen LogP contribution is -2.60. The monoisotopic (exact) mass is 471 g/mol. The van der Waals surface area contributed by atoms with Crippen LogP contribution in [0.3, 0.4) is 0 Å². The van der Waals surface area contributed by atoms with Gasteiger partial charge in [-0.3, -0.25) is 0 Å². The Bertz CT molecular complexity index is 1200. The molecule has 0 saturated carbocycles. The molecule has 5 heteroatoms. The molecule has 0 spiro atoms. The second-order valence-electron chi connectivity index (χ2n) is 10.4. The second kappa shape index (κ2) is 8.80. The van der Waals surface area contributed by atoms with Gasteiger partial charge < -0.3 is 14.7 Å². The summed E-state index contributed by atoms with van der Waals surface area (Å²) >= 11 is 0. The summed E-state index contributed by atoms with van der Waals surface area (Å²) in [6.07, 6.45) is 3.56. The van der Waals surface area contributed by atoms with E-state index in [0.29, 0.717) is 25.0 Å². The van der Waals surface area contributed by atoms with E-state index in [2.05, 4.69) is 24.3 Å². The van der Waals surface area contributed by atoms with Crippen LogP contribution < -0.4 is 0 Å². The van der Waals surface area contributed by atoms with E-state index in [1.165, 1.54) is 28.3 Å². The predicted octanol–water partition coefficient (Wildman–Crippen LogP) is 6.07. The predicted molar refractivity (Wildman–Crippen MR) is 133 cm³/mol. The third-order valence-electron chi connectivity index (χ3n) is 8.12. The van der Waals surface area contributed by atoms with E-state index in [9.17, 15) is 14.3 Å². The first kappa shape index (κ1) is 22.3. The smallest absolute Gasteiger partial charge is 0.410 e. The van der Waals surface area contributed by atoms with E-state index in [1.54, 1.807) is 18.2 Å². The number of fused-ring (bicyclic) bond motifs is 5. The average molecular weight is 472 g/mol. The van der Waals surface area contributed by atoms with Crippen molar-refractivity contribution < 1.29 is 19.0 Å². The molecule has 3 aliphatic rings. The molecule has 2 aliphatic heterocycles. The Kier molecular flexibility index (Phi) is 5.60. The van der Waals surface area contributed by atoms with Gasteiger partial charge in [-0.15, -0.1) is 0 Å². The number of benzene rings is 3. The fraction of sp³-hybridized carbons (Fsp3) is 0.367. The number of aliphatic hydroxyl groups is 1. The van der Waals surface area contributed by atoms with Crippen LogP contribution >= 0.6 is 0 Å². The molecule has 1 N–H and O–H groups in total. The first-order valence-corrected chi connectivity index (χ1v) is 12.6. The normalized spacial score (nSPS) is 25.1. The number of carbonyl (C=O) groups is 1. The lowest BCUT2D eigenvalue weighted by molar-refractivity contribution is -0.0843. The van der Waals surface area contributed by atoms with Gasteiger partial charge >= 0.3 is 6.09 Å². The maximum absolute atomic E-state index is 14.3. The van der Waals surface area contributed by atoms with Gasteiger partial charge in [0.2, 0.25) is 0 Å². The molecule has 35 heavy (non-hydrogen) atoms. The molecule has 180 valence electrons. The van der Waals surface area contributed by atoms with E-state index in [4.69, 9.17) is 4.74 Å². The highest BCUT2D eigenvalue weighted by Crippen LogP contribution is 2.45. The van der Waals surface area contributed by atoms with E-state index < -0.39 is 5.60 Å². The molecule has 2 bridgehead atoms. The number of hydrogen-bond donors (Lipinski definition) is 1. The van der Waals surface area contributed by atoms with Crippen LogP contribution in [-0.4, -0.2) is 40.4 Å². The molecule has 2 saturated heterocycles. The van der Waals surface area contributed by atoms with Crippen molar-refractivity contribution in [3.05, 3.63) is 95.3 Å². The van der Waals surface area contributed by atoms with Crippen molar-refractivity contribution >= 4 is 6.09 Å². The maximum atomic E-state index is 14.3. The van der Waals surface area contributed by atoms with Gasteiger partial charge in [0.1, 0.15) is 12.4 Å². The van der Waals surface area contributed by atoms with E-state index in [-0.39, 0.29) is 36.3 Å². The van der Waals surface area contributed by atoms with Crippen LogP contribution in [0, 0.1) is 5.82 Å². The molecule has 3 aromatic rings. The minimum Gasteiger partial charge on any atom is -0.448 e. The van der Waals surface area contributed by atoms with E-state index >= 15 is 0 Å². The van der Waals surface area contributed by atoms with Crippen molar-refractivity contribution in [2.75, 3.05) is 6.61 Å². The number of carbonyl (C=O) groups excluding carboxylic acids is 1. The molecular weight excluding hydrogens is 441 g/mol. The van der Waals surface area contributed by atoms with Crippen LogP contribution in [0.5, 0.6) is 0 Å². The Morgan fingerprint density at radius 2 is 1.49 bits per heavy atom. The summed E-state index contributed by atoms with van der Waals surface area (Å²) in [6, 6.07) is 23.1. The molecule has 2 fully saturated rings. The Labute approximate surface area is 205 Å². The quantitative estimate of drug-likeness (QED) is 0.503. The first-order chi connectivity index (χ1) is 17.0. The number of piperidine rings is 2. The molecule has 0 radical (unpaired) electrons. The standard InChI is InChI=1S/C30H30FNO3/c31-28-15-6-1-8-20(28)16-30(34)17-21-9-7-10-22(18-30)32(21)29(33)35-19-27-25-13-4-2-11-23(25)24-12-3-5-14-26(24)27/h1-6,8,11-15,21-22,27,34H,7,9-10,16-19H2. The topological polar surface area (TPSA) is 49.8 Å². The number of nitrogens with zero attached hydrogens (tertiary/aromatic N) is 1. The van der Waals surface area contributed by atoms with Gasteiger partial charge in [-0.25, -0.2) is 9.18 Å². The molecule has 1 amide bonds. The number of hydrogen-bond acceptors (Lipinski definition) is 3. The molecular formula is C30H30FNO3. The molecule has 2 atom stereocenters. The minimum absolute atomic E-state index is 0.0222. The highest BCUT2D eigenvalue weighted by Gasteiger charge is 2.48. The van der Waals surface area contributed by atoms with Gasteiger partial charge in [-0.1, -0.05) is 66.7 Å². The Balaban J connectivity index is 1.17. The van der Waals surface area contributed by atoms with Gasteiger partial charge in [0.05, 0.1) is 5.60 Å². The van der Waals surface area contributed by atoms with Gasteiger partial charge in [-0.05, 0) is 66.0 Å². The van der Waals surface area contributed by atoms with E-state index in [0.717, 1.165) is 19.3 Å². The van der Waals surface area contributed by atoms with Gasteiger partial charge in [0, 0.05) is 24.4 Å². The average Bonchev–Trinajstić information content (AvgIpc) is 3.17. The third-order valence-corrected chi connectivity index (χ3v) is 8.12. The third kappa shape index (κ3) is 4.02. The van der Waals surface area contributed by atoms with E-state index in [1.807, 2.05) is 29.2 Å². The lowest BCUT2D eigenvalue weighted by Gasteiger charge is -2.51. The van der Waals surface area contributed by atoms with Gasteiger partial charge in [0.25, 0.3) is 0 Å². The molecule has 2 heterocycles. The van der Waals surface area contributed by atoms with Crippen LogP contribution in [0.15, 0.2) is 72.8 Å². The molecule has 6 rings (SSSR count). The molecule has 4 nitrogen and oxygen atoms in total. The van der Waals surface area contributed by atoms with Crippen molar-refractivity contribution in [1.82, 2.24) is 4.90 Å². The Morgan fingerprint density at radius 1 is 0.914 bits per heavy atom. The molecule has 1 aliphatic carbocycles. The summed E-state index contributed by atoms with van der Waals surface area (Å²) in [7, 11) is 0. The number of ether oxygens (including phenoxy) is 1. The fourth-order valence-electron chi connectivity index (χ4n) is 6.63. The van der Waals surface area contributed by atoms with Crippen LogP contribution in [-0.2, 0) is 11.2 Å². The minimum atomic E-state index is -1.02. The summed E-state index contributed by atoms with van der Waals surface area (Å²) < 4.78 is 20.2. The molecule has 2 unspecified atom stereocenters. The summed E-state index contributed by atoms with van der Waals surface area (Å²) in [5, 5.41) is 11.4. The van der Waals surface area contributed by atoms with Crippen LogP contribution in [0.1, 0.15) is 54.7 Å². The zero-order valence-corrected chi connectivity index (χ0v) is 19.7. The van der Waals surface area contributed by atoms with Crippen molar-refractivity contribution in [3.8, 4) is 11.1 Å². The molecule has 0 aromatic heterocycles. The SMILES string of the molecule is O=C(OCC1c2ccccc2-c2ccccc21)N1C2CCCC1CC(O)(Cc1ccccc1F)C2. The number of halogens is 1. The number of amides is 1. The van der Waals surface area contributed by atoms with Crippen LogP contribution in [0.25, 0.3) is 11.1 Å². The van der Waals surface area contributed by atoms with Crippen LogP contribution in [0.2, 0.25) is 0 Å². The highest BCUT2D eigenvalue weighted by atomic mass is 19.1. The zero-order chi connectivity index (χ0) is 24.0. The lowest BCUT2D eigenvalue weighted by atomic mass is 9.73. The Hall–Kier alpha value is -3.18. The first-order valence-electron chi connectivity index (χ1n) is 12.6. The van der Waals surface area contributed by atoms with Crippen molar-refractivity contribution in [2.45, 2.75) is 62.1 Å². The highest BCUT2D eigenvalue weighted by molar-refractivity contribution is 5.79. The second-order valence-corrected chi connectivity index (χ2v) is 10.4.